The number of methoxy groups -OCH3 is 2. The first-order valence-corrected chi connectivity index (χ1v) is 7.42. The third-order valence-corrected chi connectivity index (χ3v) is 4.48. The van der Waals surface area contributed by atoms with Gasteiger partial charge in [-0.1, -0.05) is 11.3 Å². The van der Waals surface area contributed by atoms with Crippen LogP contribution in [0.2, 0.25) is 0 Å². The van der Waals surface area contributed by atoms with Crippen LogP contribution in [-0.2, 0) is 6.42 Å². The van der Waals surface area contributed by atoms with Crippen molar-refractivity contribution in [2.75, 3.05) is 20.8 Å². The van der Waals surface area contributed by atoms with Gasteiger partial charge in [0.25, 0.3) is 5.19 Å². The van der Waals surface area contributed by atoms with Crippen molar-refractivity contribution in [1.82, 2.24) is 4.98 Å². The van der Waals surface area contributed by atoms with Crippen molar-refractivity contribution in [3.8, 4) is 16.7 Å². The molecule has 0 amide bonds. The average Bonchev–Trinajstić information content (AvgIpc) is 2.83. The fourth-order valence-corrected chi connectivity index (χ4v) is 3.35. The molecule has 0 radical (unpaired) electrons. The van der Waals surface area contributed by atoms with Crippen molar-refractivity contribution in [2.45, 2.75) is 13.3 Å². The molecule has 1 aliphatic rings. The number of ether oxygens (including phenoxy) is 2. The Hall–Kier alpha value is -2.08. The van der Waals surface area contributed by atoms with Crippen LogP contribution in [0, 0.1) is 6.92 Å². The molecule has 0 unspecified atom stereocenters. The van der Waals surface area contributed by atoms with Gasteiger partial charge in [-0.15, -0.1) is 0 Å². The van der Waals surface area contributed by atoms with E-state index < -0.39 is 0 Å². The van der Waals surface area contributed by atoms with Gasteiger partial charge in [-0.3, -0.25) is 4.99 Å². The minimum Gasteiger partial charge on any atom is -0.493 e. The first-order chi connectivity index (χ1) is 10.1. The van der Waals surface area contributed by atoms with E-state index >= 15 is 0 Å². The second kappa shape index (κ2) is 5.37. The summed E-state index contributed by atoms with van der Waals surface area (Å²) in [6, 6.07) is 3.95. The molecule has 1 aromatic heterocycles. The van der Waals surface area contributed by atoms with Crippen LogP contribution in [0.15, 0.2) is 17.1 Å². The van der Waals surface area contributed by atoms with E-state index in [9.17, 15) is 5.11 Å². The molecule has 0 aliphatic carbocycles. The summed E-state index contributed by atoms with van der Waals surface area (Å²) < 4.78 is 10.7. The van der Waals surface area contributed by atoms with E-state index in [1.807, 2.05) is 19.1 Å². The topological polar surface area (TPSA) is 63.9 Å². The van der Waals surface area contributed by atoms with Crippen molar-refractivity contribution >= 4 is 17.0 Å². The summed E-state index contributed by atoms with van der Waals surface area (Å²) in [5, 5.41) is 9.67. The molecular weight excluding hydrogens is 288 g/mol. The molecule has 1 aromatic carbocycles. The van der Waals surface area contributed by atoms with Gasteiger partial charge in [0.15, 0.2) is 11.5 Å². The van der Waals surface area contributed by atoms with Gasteiger partial charge in [0.2, 0.25) is 0 Å². The zero-order chi connectivity index (χ0) is 15.0. The number of rotatable bonds is 3. The summed E-state index contributed by atoms with van der Waals surface area (Å²) >= 11 is 1.25. The zero-order valence-corrected chi connectivity index (χ0v) is 13.0. The molecule has 3 rings (SSSR count). The van der Waals surface area contributed by atoms with Gasteiger partial charge in [0, 0.05) is 12.1 Å². The molecule has 0 saturated carbocycles. The summed E-state index contributed by atoms with van der Waals surface area (Å²) in [5.41, 5.74) is 3.85. The van der Waals surface area contributed by atoms with E-state index in [2.05, 4.69) is 9.98 Å². The largest absolute Gasteiger partial charge is 0.493 e. The lowest BCUT2D eigenvalue weighted by molar-refractivity contribution is 0.354. The highest BCUT2D eigenvalue weighted by Crippen LogP contribution is 2.35. The van der Waals surface area contributed by atoms with Gasteiger partial charge in [0.1, 0.15) is 0 Å². The smallest absolute Gasteiger partial charge is 0.271 e. The van der Waals surface area contributed by atoms with E-state index in [0.29, 0.717) is 5.75 Å². The predicted octanol–water partition coefficient (Wildman–Crippen LogP) is 2.57. The number of thiazole rings is 1. The highest BCUT2D eigenvalue weighted by molar-refractivity contribution is 7.15. The predicted molar refractivity (Wildman–Crippen MR) is 82.3 cm³/mol. The second-order valence-corrected chi connectivity index (χ2v) is 5.73. The molecule has 1 aliphatic heterocycles. The molecule has 1 N–H and O–H groups in total. The van der Waals surface area contributed by atoms with Gasteiger partial charge >= 0.3 is 0 Å². The molecule has 0 fully saturated rings. The standard InChI is InChI=1S/C15H16N2O3S/c1-8-14(21-15(18)17-8)13-10-7-12(20-3)11(19-2)6-9(10)4-5-16-13/h6-7H,4-5H2,1-3H3,(H,17,18). The van der Waals surface area contributed by atoms with E-state index in [1.165, 1.54) is 16.9 Å². The highest BCUT2D eigenvalue weighted by atomic mass is 32.1. The molecule has 2 heterocycles. The van der Waals surface area contributed by atoms with E-state index in [0.717, 1.165) is 40.6 Å². The van der Waals surface area contributed by atoms with Crippen LogP contribution < -0.4 is 9.47 Å². The van der Waals surface area contributed by atoms with E-state index in [4.69, 9.17) is 9.47 Å². The van der Waals surface area contributed by atoms with Crippen molar-refractivity contribution in [3.63, 3.8) is 0 Å². The summed E-state index contributed by atoms with van der Waals surface area (Å²) in [7, 11) is 3.25. The van der Waals surface area contributed by atoms with E-state index in [-0.39, 0.29) is 5.19 Å². The zero-order valence-electron chi connectivity index (χ0n) is 12.1. The molecule has 0 atom stereocenters. The van der Waals surface area contributed by atoms with Gasteiger partial charge < -0.3 is 14.6 Å². The Labute approximate surface area is 126 Å². The quantitative estimate of drug-likeness (QED) is 0.946. The molecule has 0 bridgehead atoms. The average molecular weight is 304 g/mol. The summed E-state index contributed by atoms with van der Waals surface area (Å²) in [4.78, 5) is 9.60. The number of hydrogen-bond acceptors (Lipinski definition) is 6. The number of fused-ring (bicyclic) bond motifs is 1. The Morgan fingerprint density at radius 3 is 2.52 bits per heavy atom. The van der Waals surface area contributed by atoms with Crippen molar-refractivity contribution < 1.29 is 14.6 Å². The number of nitrogens with zero attached hydrogens (tertiary/aromatic N) is 2. The third-order valence-electron chi connectivity index (χ3n) is 3.52. The Kier molecular flexibility index (Phi) is 3.55. The van der Waals surface area contributed by atoms with Gasteiger partial charge in [-0.05, 0) is 31.0 Å². The first kappa shape index (κ1) is 13.9. The summed E-state index contributed by atoms with van der Waals surface area (Å²) in [5.74, 6) is 1.40. The van der Waals surface area contributed by atoms with Gasteiger partial charge in [-0.25, -0.2) is 4.98 Å². The Morgan fingerprint density at radius 2 is 1.90 bits per heavy atom. The van der Waals surface area contributed by atoms with Crippen molar-refractivity contribution in [3.05, 3.63) is 33.8 Å². The molecule has 110 valence electrons. The fraction of sp³-hybridized carbons (Fsp3) is 0.333. The molecule has 6 heteroatoms. The fourth-order valence-electron chi connectivity index (χ4n) is 2.52. The lowest BCUT2D eigenvalue weighted by Crippen LogP contribution is -2.14. The normalized spacial score (nSPS) is 13.6. The molecule has 21 heavy (non-hydrogen) atoms. The number of hydrogen-bond donors (Lipinski definition) is 1. The van der Waals surface area contributed by atoms with Crippen molar-refractivity contribution in [1.29, 1.82) is 0 Å². The van der Waals surface area contributed by atoms with Crippen LogP contribution in [0.5, 0.6) is 16.7 Å². The Bertz CT molecular complexity index is 722. The number of aliphatic imine (C=N–C) groups is 1. The number of aromatic hydroxyl groups is 1. The Balaban J connectivity index is 2.15. The molecular formula is C15H16N2O3S. The lowest BCUT2D eigenvalue weighted by atomic mass is 9.95. The number of benzene rings is 1. The van der Waals surface area contributed by atoms with Gasteiger partial charge in [0.05, 0.1) is 30.5 Å². The Morgan fingerprint density at radius 1 is 1.19 bits per heavy atom. The molecule has 2 aromatic rings. The maximum absolute atomic E-state index is 9.60. The van der Waals surface area contributed by atoms with Crippen LogP contribution in [-0.4, -0.2) is 36.6 Å². The second-order valence-electron chi connectivity index (χ2n) is 4.76. The van der Waals surface area contributed by atoms with Gasteiger partial charge in [-0.2, -0.15) is 0 Å². The highest BCUT2D eigenvalue weighted by Gasteiger charge is 2.23. The van der Waals surface area contributed by atoms with Crippen LogP contribution >= 0.6 is 11.3 Å². The van der Waals surface area contributed by atoms with Crippen LogP contribution in [0.1, 0.15) is 21.7 Å². The molecule has 5 nitrogen and oxygen atoms in total. The maximum Gasteiger partial charge on any atom is 0.271 e. The molecule has 0 saturated heterocycles. The van der Waals surface area contributed by atoms with Crippen LogP contribution in [0.25, 0.3) is 0 Å². The lowest BCUT2D eigenvalue weighted by Gasteiger charge is -2.19. The van der Waals surface area contributed by atoms with Crippen molar-refractivity contribution in [2.24, 2.45) is 4.99 Å². The summed E-state index contributed by atoms with van der Waals surface area (Å²) in [6.07, 6.45) is 0.864. The maximum atomic E-state index is 9.60. The number of aromatic nitrogens is 1. The first-order valence-electron chi connectivity index (χ1n) is 6.60. The van der Waals surface area contributed by atoms with Crippen LogP contribution in [0.4, 0.5) is 0 Å². The SMILES string of the molecule is COc1cc2c(cc1OC)C(c1sc(O)nc1C)=NCC2. The number of aryl methyl sites for hydroxylation is 1. The third kappa shape index (κ3) is 2.35. The summed E-state index contributed by atoms with van der Waals surface area (Å²) in [6.45, 7) is 2.60. The van der Waals surface area contributed by atoms with E-state index in [1.54, 1.807) is 14.2 Å². The minimum absolute atomic E-state index is 0.0674. The monoisotopic (exact) mass is 304 g/mol. The molecule has 0 spiro atoms. The van der Waals surface area contributed by atoms with Crippen LogP contribution in [0.3, 0.4) is 0 Å². The minimum atomic E-state index is 0.0674.